The first-order valence-corrected chi connectivity index (χ1v) is 3.83. The first-order valence-electron chi connectivity index (χ1n) is 3.83. The van der Waals surface area contributed by atoms with Crippen LogP contribution in [0.3, 0.4) is 0 Å². The molecule has 1 aliphatic rings. The summed E-state index contributed by atoms with van der Waals surface area (Å²) in [7, 11) is 0. The summed E-state index contributed by atoms with van der Waals surface area (Å²) in [6, 6.07) is 0. The lowest BCUT2D eigenvalue weighted by atomic mass is 9.92. The maximum Gasteiger partial charge on any atom is 0.247 e. The van der Waals surface area contributed by atoms with Crippen LogP contribution in [0.5, 0.6) is 0 Å². The van der Waals surface area contributed by atoms with Crippen LogP contribution in [0.15, 0.2) is 24.4 Å². The third-order valence-electron chi connectivity index (χ3n) is 1.91. The number of dihydropyridines is 1. The van der Waals surface area contributed by atoms with Crippen LogP contribution in [-0.4, -0.2) is 18.0 Å². The highest BCUT2D eigenvalue weighted by molar-refractivity contribution is 5.87. The molecule has 4 heteroatoms. The molecule has 0 radical (unpaired) electrons. The number of nitrogens with two attached hydrogens (primary N) is 2. The van der Waals surface area contributed by atoms with Crippen molar-refractivity contribution in [2.24, 2.45) is 11.5 Å². The zero-order valence-corrected chi connectivity index (χ0v) is 6.79. The van der Waals surface area contributed by atoms with E-state index in [1.165, 1.54) is 0 Å². The normalized spacial score (nSPS) is 26.8. The van der Waals surface area contributed by atoms with E-state index < -0.39 is 11.4 Å². The zero-order chi connectivity index (χ0) is 9.03. The fourth-order valence-electron chi connectivity index (χ4n) is 1.18. The maximum absolute atomic E-state index is 11.1. The van der Waals surface area contributed by atoms with Gasteiger partial charge >= 0.3 is 0 Å². The highest BCUT2D eigenvalue weighted by Gasteiger charge is 2.32. The summed E-state index contributed by atoms with van der Waals surface area (Å²) in [6.45, 7) is 0.425. The summed E-state index contributed by atoms with van der Waals surface area (Å²) in [6.07, 6.45) is 7.54. The van der Waals surface area contributed by atoms with Gasteiger partial charge in [-0.3, -0.25) is 4.79 Å². The van der Waals surface area contributed by atoms with Crippen molar-refractivity contribution in [3.8, 4) is 0 Å². The van der Waals surface area contributed by atoms with Crippen LogP contribution in [0.1, 0.15) is 6.42 Å². The van der Waals surface area contributed by atoms with Gasteiger partial charge < -0.3 is 16.8 Å². The van der Waals surface area contributed by atoms with Crippen LogP contribution in [-0.2, 0) is 4.79 Å². The van der Waals surface area contributed by atoms with Crippen LogP contribution < -0.4 is 16.8 Å². The fourth-order valence-corrected chi connectivity index (χ4v) is 1.18. The van der Waals surface area contributed by atoms with Crippen LogP contribution in [0.25, 0.3) is 0 Å². The Kier molecular flexibility index (Phi) is 2.50. The van der Waals surface area contributed by atoms with Crippen molar-refractivity contribution in [2.75, 3.05) is 6.54 Å². The summed E-state index contributed by atoms with van der Waals surface area (Å²) < 4.78 is 0. The van der Waals surface area contributed by atoms with Crippen LogP contribution in [0, 0.1) is 0 Å². The van der Waals surface area contributed by atoms with E-state index in [4.69, 9.17) is 11.5 Å². The summed E-state index contributed by atoms with van der Waals surface area (Å²) in [4.78, 5) is 11.1. The molecule has 0 spiro atoms. The molecule has 0 aromatic heterocycles. The molecular weight excluding hydrogens is 154 g/mol. The number of allylic oxidation sites excluding steroid dienone is 2. The molecule has 0 bridgehead atoms. The van der Waals surface area contributed by atoms with Crippen LogP contribution in [0.4, 0.5) is 0 Å². The minimum Gasteiger partial charge on any atom is -0.374 e. The van der Waals surface area contributed by atoms with Gasteiger partial charge in [-0.2, -0.15) is 0 Å². The van der Waals surface area contributed by atoms with E-state index in [0.717, 1.165) is 0 Å². The quantitative estimate of drug-likeness (QED) is 0.516. The molecule has 1 aliphatic heterocycles. The Hall–Kier alpha value is -1.29. The third-order valence-corrected chi connectivity index (χ3v) is 1.91. The van der Waals surface area contributed by atoms with Crippen molar-refractivity contribution in [3.05, 3.63) is 24.4 Å². The average Bonchev–Trinajstić information content (AvgIpc) is 2.06. The molecule has 1 unspecified atom stereocenters. The molecule has 0 aliphatic carbocycles. The molecule has 4 nitrogen and oxygen atoms in total. The lowest BCUT2D eigenvalue weighted by Gasteiger charge is -2.28. The van der Waals surface area contributed by atoms with E-state index >= 15 is 0 Å². The highest BCUT2D eigenvalue weighted by Crippen LogP contribution is 2.14. The Morgan fingerprint density at radius 3 is 2.67 bits per heavy atom. The zero-order valence-electron chi connectivity index (χ0n) is 6.79. The van der Waals surface area contributed by atoms with E-state index in [-0.39, 0.29) is 0 Å². The molecule has 0 aromatic carbocycles. The maximum atomic E-state index is 11.1. The van der Waals surface area contributed by atoms with Gasteiger partial charge in [-0.15, -0.1) is 0 Å². The molecule has 0 saturated heterocycles. The molecule has 0 saturated carbocycles. The molecule has 0 aromatic rings. The molecule has 1 heterocycles. The van der Waals surface area contributed by atoms with Gasteiger partial charge in [0.25, 0.3) is 0 Å². The summed E-state index contributed by atoms with van der Waals surface area (Å²) in [5, 5.41) is 2.91. The number of carbonyl (C=O) groups excluding carboxylic acids is 1. The van der Waals surface area contributed by atoms with Crippen molar-refractivity contribution < 1.29 is 4.79 Å². The monoisotopic (exact) mass is 167 g/mol. The number of hydrogen-bond donors (Lipinski definition) is 3. The van der Waals surface area contributed by atoms with Gasteiger partial charge in [-0.25, -0.2) is 0 Å². The Balaban J connectivity index is 2.80. The Bertz CT molecular complexity index is 234. The van der Waals surface area contributed by atoms with Gasteiger partial charge in [0.15, 0.2) is 0 Å². The van der Waals surface area contributed by atoms with Crippen molar-refractivity contribution in [2.45, 2.75) is 12.0 Å². The Morgan fingerprint density at radius 2 is 2.25 bits per heavy atom. The minimum absolute atomic E-state index is 0.395. The van der Waals surface area contributed by atoms with Crippen LogP contribution in [0.2, 0.25) is 0 Å². The second-order valence-corrected chi connectivity index (χ2v) is 2.74. The SMILES string of the molecule is NCCC1(C(N)=O)C=CC=CN1. The molecular formula is C8H13N3O. The Morgan fingerprint density at radius 1 is 1.50 bits per heavy atom. The molecule has 66 valence electrons. The largest absolute Gasteiger partial charge is 0.374 e. The van der Waals surface area contributed by atoms with E-state index in [9.17, 15) is 4.79 Å². The molecule has 1 amide bonds. The number of primary amides is 1. The van der Waals surface area contributed by atoms with Crippen molar-refractivity contribution in [3.63, 3.8) is 0 Å². The standard InChI is InChI=1S/C8H13N3O/c9-5-4-8(7(10)12)3-1-2-6-11-8/h1-3,6,11H,4-5,9H2,(H2,10,12). The number of rotatable bonds is 3. The van der Waals surface area contributed by atoms with Gasteiger partial charge in [-0.1, -0.05) is 6.08 Å². The molecule has 12 heavy (non-hydrogen) atoms. The number of carbonyl (C=O) groups is 1. The van der Waals surface area contributed by atoms with E-state index in [0.29, 0.717) is 13.0 Å². The Labute approximate surface area is 71.3 Å². The predicted octanol–water partition coefficient (Wildman–Crippen LogP) is -0.768. The fraction of sp³-hybridized carbons (Fsp3) is 0.375. The summed E-state index contributed by atoms with van der Waals surface area (Å²) in [5.41, 5.74) is 9.85. The highest BCUT2D eigenvalue weighted by atomic mass is 16.1. The summed E-state index contributed by atoms with van der Waals surface area (Å²) >= 11 is 0. The second-order valence-electron chi connectivity index (χ2n) is 2.74. The van der Waals surface area contributed by atoms with Crippen LogP contribution >= 0.6 is 0 Å². The first-order chi connectivity index (χ1) is 5.71. The number of nitrogens with one attached hydrogen (secondary N) is 1. The van der Waals surface area contributed by atoms with Gasteiger partial charge in [0.05, 0.1) is 0 Å². The van der Waals surface area contributed by atoms with E-state index in [2.05, 4.69) is 5.32 Å². The van der Waals surface area contributed by atoms with Crippen molar-refractivity contribution in [1.29, 1.82) is 0 Å². The van der Waals surface area contributed by atoms with Gasteiger partial charge in [0.2, 0.25) is 5.91 Å². The van der Waals surface area contributed by atoms with E-state index in [1.807, 2.05) is 0 Å². The number of hydrogen-bond acceptors (Lipinski definition) is 3. The second kappa shape index (κ2) is 3.40. The lowest BCUT2D eigenvalue weighted by molar-refractivity contribution is -0.122. The third kappa shape index (κ3) is 1.48. The minimum atomic E-state index is -0.774. The smallest absolute Gasteiger partial charge is 0.247 e. The van der Waals surface area contributed by atoms with Gasteiger partial charge in [0.1, 0.15) is 5.54 Å². The van der Waals surface area contributed by atoms with Crippen molar-refractivity contribution >= 4 is 5.91 Å². The van der Waals surface area contributed by atoms with Crippen molar-refractivity contribution in [1.82, 2.24) is 5.32 Å². The van der Waals surface area contributed by atoms with Gasteiger partial charge in [0, 0.05) is 0 Å². The lowest BCUT2D eigenvalue weighted by Crippen LogP contribution is -2.53. The predicted molar refractivity (Wildman–Crippen MR) is 47.0 cm³/mol. The molecule has 0 fully saturated rings. The number of amides is 1. The topological polar surface area (TPSA) is 81.1 Å². The average molecular weight is 167 g/mol. The molecule has 1 rings (SSSR count). The first kappa shape index (κ1) is 8.80. The van der Waals surface area contributed by atoms with Gasteiger partial charge in [-0.05, 0) is 31.3 Å². The summed E-state index contributed by atoms with van der Waals surface area (Å²) in [5.74, 6) is -0.395. The van der Waals surface area contributed by atoms with E-state index in [1.54, 1.807) is 24.4 Å². The molecule has 1 atom stereocenters. The molecule has 5 N–H and O–H groups in total.